The quantitative estimate of drug-likeness (QED) is 0.495. The van der Waals surface area contributed by atoms with E-state index in [0.29, 0.717) is 6.10 Å². The molecule has 0 unspecified atom stereocenters. The van der Waals surface area contributed by atoms with Crippen molar-refractivity contribution in [1.29, 1.82) is 0 Å². The second-order valence-corrected chi connectivity index (χ2v) is 4.76. The Bertz CT molecular complexity index is 138. The van der Waals surface area contributed by atoms with Crippen LogP contribution < -0.4 is 5.32 Å². The molecule has 0 aromatic heterocycles. The summed E-state index contributed by atoms with van der Waals surface area (Å²) in [5.74, 6) is 0.929. The molecule has 0 spiro atoms. The third-order valence-electron chi connectivity index (χ3n) is 2.94. The van der Waals surface area contributed by atoms with Crippen molar-refractivity contribution in [2.75, 3.05) is 25.4 Å². The van der Waals surface area contributed by atoms with Crippen LogP contribution >= 0.6 is 12.6 Å². The number of thiol groups is 1. The Balaban J connectivity index is 1.79. The molecule has 0 heterocycles. The lowest BCUT2D eigenvalue weighted by atomic mass is 9.98. The molecule has 0 bridgehead atoms. The van der Waals surface area contributed by atoms with Gasteiger partial charge in [0.2, 0.25) is 0 Å². The van der Waals surface area contributed by atoms with Crippen molar-refractivity contribution in [3.05, 3.63) is 0 Å². The monoisotopic (exact) mass is 231 g/mol. The van der Waals surface area contributed by atoms with Gasteiger partial charge in [0.1, 0.15) is 0 Å². The van der Waals surface area contributed by atoms with Crippen LogP contribution in [0.15, 0.2) is 0 Å². The van der Waals surface area contributed by atoms with Gasteiger partial charge in [0.25, 0.3) is 0 Å². The molecule has 0 amide bonds. The highest BCUT2D eigenvalue weighted by molar-refractivity contribution is 7.80. The summed E-state index contributed by atoms with van der Waals surface area (Å²) in [5.41, 5.74) is 0. The highest BCUT2D eigenvalue weighted by Crippen LogP contribution is 2.20. The van der Waals surface area contributed by atoms with Crippen molar-refractivity contribution in [2.24, 2.45) is 0 Å². The largest absolute Gasteiger partial charge is 0.378 e. The topological polar surface area (TPSA) is 21.3 Å². The zero-order valence-corrected chi connectivity index (χ0v) is 10.6. The maximum absolute atomic E-state index is 5.85. The summed E-state index contributed by atoms with van der Waals surface area (Å²) in [6.07, 6.45) is 9.71. The van der Waals surface area contributed by atoms with Crippen molar-refractivity contribution >= 4 is 12.6 Å². The highest BCUT2D eigenvalue weighted by atomic mass is 32.1. The molecular weight excluding hydrogens is 206 g/mol. The van der Waals surface area contributed by atoms with Gasteiger partial charge >= 0.3 is 0 Å². The molecular formula is C12H25NOS. The van der Waals surface area contributed by atoms with Crippen LogP contribution in [0.4, 0.5) is 0 Å². The van der Waals surface area contributed by atoms with Gasteiger partial charge in [0.15, 0.2) is 0 Å². The van der Waals surface area contributed by atoms with Gasteiger partial charge in [0.05, 0.1) is 6.10 Å². The molecule has 3 heteroatoms. The Morgan fingerprint density at radius 1 is 1.07 bits per heavy atom. The lowest BCUT2D eigenvalue weighted by Gasteiger charge is -2.21. The summed E-state index contributed by atoms with van der Waals surface area (Å²) >= 11 is 4.15. The average Bonchev–Trinajstić information content (AvgIpc) is 2.29. The first-order valence-electron chi connectivity index (χ1n) is 6.36. The minimum absolute atomic E-state index is 0.573. The van der Waals surface area contributed by atoms with E-state index < -0.39 is 0 Å². The SMILES string of the molecule is SCCNCCCCOC1CCCCC1. The molecule has 1 saturated carbocycles. The van der Waals surface area contributed by atoms with Crippen LogP contribution in [0.3, 0.4) is 0 Å². The summed E-state index contributed by atoms with van der Waals surface area (Å²) in [7, 11) is 0. The van der Waals surface area contributed by atoms with Crippen molar-refractivity contribution in [2.45, 2.75) is 51.0 Å². The lowest BCUT2D eigenvalue weighted by molar-refractivity contribution is 0.0265. The lowest BCUT2D eigenvalue weighted by Crippen LogP contribution is -2.20. The van der Waals surface area contributed by atoms with Gasteiger partial charge in [-0.05, 0) is 32.2 Å². The van der Waals surface area contributed by atoms with Crippen molar-refractivity contribution in [1.82, 2.24) is 5.32 Å². The third kappa shape index (κ3) is 7.20. The number of hydrogen-bond acceptors (Lipinski definition) is 3. The third-order valence-corrected chi connectivity index (χ3v) is 3.17. The minimum Gasteiger partial charge on any atom is -0.378 e. The first kappa shape index (κ1) is 13.3. The fourth-order valence-electron chi connectivity index (χ4n) is 2.04. The second-order valence-electron chi connectivity index (χ2n) is 4.31. The molecule has 1 aliphatic carbocycles. The number of ether oxygens (including phenoxy) is 1. The fourth-order valence-corrected chi connectivity index (χ4v) is 2.20. The van der Waals surface area contributed by atoms with E-state index in [1.165, 1.54) is 44.9 Å². The van der Waals surface area contributed by atoms with E-state index in [9.17, 15) is 0 Å². The normalized spacial score (nSPS) is 18.2. The van der Waals surface area contributed by atoms with Crippen LogP contribution in [-0.4, -0.2) is 31.6 Å². The van der Waals surface area contributed by atoms with Crippen molar-refractivity contribution in [3.8, 4) is 0 Å². The predicted molar refractivity (Wildman–Crippen MR) is 68.8 cm³/mol. The molecule has 2 nitrogen and oxygen atoms in total. The van der Waals surface area contributed by atoms with Crippen molar-refractivity contribution in [3.63, 3.8) is 0 Å². The molecule has 0 atom stereocenters. The van der Waals surface area contributed by atoms with E-state index in [-0.39, 0.29) is 0 Å². The summed E-state index contributed by atoms with van der Waals surface area (Å²) in [6, 6.07) is 0. The molecule has 1 rings (SSSR count). The van der Waals surface area contributed by atoms with Gasteiger partial charge in [-0.15, -0.1) is 0 Å². The molecule has 15 heavy (non-hydrogen) atoms. The van der Waals surface area contributed by atoms with Crippen LogP contribution in [-0.2, 0) is 4.74 Å². The van der Waals surface area contributed by atoms with E-state index in [1.807, 2.05) is 0 Å². The van der Waals surface area contributed by atoms with Gasteiger partial charge < -0.3 is 10.1 Å². The second kappa shape index (κ2) is 9.49. The molecule has 0 saturated heterocycles. The number of nitrogens with one attached hydrogen (secondary N) is 1. The zero-order valence-electron chi connectivity index (χ0n) is 9.71. The maximum atomic E-state index is 5.85. The van der Waals surface area contributed by atoms with Crippen LogP contribution in [0.1, 0.15) is 44.9 Å². The summed E-state index contributed by atoms with van der Waals surface area (Å²) < 4.78 is 5.85. The van der Waals surface area contributed by atoms with Crippen LogP contribution in [0, 0.1) is 0 Å². The number of rotatable bonds is 8. The Kier molecular flexibility index (Phi) is 8.44. The van der Waals surface area contributed by atoms with Gasteiger partial charge in [-0.3, -0.25) is 0 Å². The molecule has 1 fully saturated rings. The highest BCUT2D eigenvalue weighted by Gasteiger charge is 2.12. The van der Waals surface area contributed by atoms with E-state index in [1.54, 1.807) is 0 Å². The number of unbranched alkanes of at least 4 members (excludes halogenated alkanes) is 1. The van der Waals surface area contributed by atoms with Gasteiger partial charge in [-0.2, -0.15) is 12.6 Å². The smallest absolute Gasteiger partial charge is 0.0575 e. The first-order chi connectivity index (χ1) is 7.43. The molecule has 1 N–H and O–H groups in total. The Morgan fingerprint density at radius 3 is 2.60 bits per heavy atom. The molecule has 1 aliphatic rings. The van der Waals surface area contributed by atoms with E-state index >= 15 is 0 Å². The molecule has 0 aliphatic heterocycles. The van der Waals surface area contributed by atoms with E-state index in [0.717, 1.165) is 25.4 Å². The summed E-state index contributed by atoms with van der Waals surface area (Å²) in [6.45, 7) is 3.08. The molecule has 0 radical (unpaired) electrons. The Hall–Kier alpha value is 0.270. The zero-order chi connectivity index (χ0) is 10.8. The fraction of sp³-hybridized carbons (Fsp3) is 1.00. The van der Waals surface area contributed by atoms with Gasteiger partial charge in [-0.1, -0.05) is 19.3 Å². The number of hydrogen-bond donors (Lipinski definition) is 2. The average molecular weight is 231 g/mol. The Morgan fingerprint density at radius 2 is 1.87 bits per heavy atom. The molecule has 90 valence electrons. The standard InChI is InChI=1S/C12H25NOS/c15-11-9-13-8-4-5-10-14-12-6-2-1-3-7-12/h12-13,15H,1-11H2. The first-order valence-corrected chi connectivity index (χ1v) is 7.00. The minimum atomic E-state index is 0.573. The molecule has 0 aromatic carbocycles. The van der Waals surface area contributed by atoms with Gasteiger partial charge in [-0.25, -0.2) is 0 Å². The Labute approximate surface area is 99.6 Å². The van der Waals surface area contributed by atoms with Crippen LogP contribution in [0.25, 0.3) is 0 Å². The van der Waals surface area contributed by atoms with Gasteiger partial charge in [0, 0.05) is 18.9 Å². The molecule has 0 aromatic rings. The summed E-state index contributed by atoms with van der Waals surface area (Å²) in [4.78, 5) is 0. The van der Waals surface area contributed by atoms with Crippen LogP contribution in [0.5, 0.6) is 0 Å². The maximum Gasteiger partial charge on any atom is 0.0575 e. The predicted octanol–water partition coefficient (Wildman–Crippen LogP) is 2.64. The van der Waals surface area contributed by atoms with E-state index in [2.05, 4.69) is 17.9 Å². The van der Waals surface area contributed by atoms with Crippen molar-refractivity contribution < 1.29 is 4.74 Å². The van der Waals surface area contributed by atoms with E-state index in [4.69, 9.17) is 4.74 Å². The summed E-state index contributed by atoms with van der Waals surface area (Å²) in [5, 5.41) is 3.34. The van der Waals surface area contributed by atoms with Crippen LogP contribution in [0.2, 0.25) is 0 Å².